The van der Waals surface area contributed by atoms with Crippen LogP contribution in [0.3, 0.4) is 0 Å². The molecule has 7 heteroatoms. The van der Waals surface area contributed by atoms with Crippen LogP contribution in [0.2, 0.25) is 4.34 Å². The van der Waals surface area contributed by atoms with Gasteiger partial charge in [0.1, 0.15) is 6.33 Å². The molecule has 0 aliphatic carbocycles. The summed E-state index contributed by atoms with van der Waals surface area (Å²) in [5, 5.41) is 4.24. The fraction of sp³-hybridized carbons (Fsp3) is 0. The highest BCUT2D eigenvalue weighted by Gasteiger charge is 2.12. The van der Waals surface area contributed by atoms with Crippen molar-refractivity contribution in [3.63, 3.8) is 0 Å². The van der Waals surface area contributed by atoms with Crippen LogP contribution >= 0.6 is 22.9 Å². The molecule has 0 bridgehead atoms. The van der Waals surface area contributed by atoms with Gasteiger partial charge >= 0.3 is 0 Å². The van der Waals surface area contributed by atoms with Gasteiger partial charge < -0.3 is 0 Å². The summed E-state index contributed by atoms with van der Waals surface area (Å²) in [6.45, 7) is 0. The van der Waals surface area contributed by atoms with Crippen molar-refractivity contribution in [2.75, 3.05) is 0 Å². The summed E-state index contributed by atoms with van der Waals surface area (Å²) in [6.07, 6.45) is 5.00. The molecule has 0 amide bonds. The quantitative estimate of drug-likeness (QED) is 0.567. The number of aromatic nitrogens is 5. The second-order valence-electron chi connectivity index (χ2n) is 4.34. The van der Waals surface area contributed by atoms with Crippen molar-refractivity contribution in [2.45, 2.75) is 0 Å². The Kier molecular flexibility index (Phi) is 2.90. The Morgan fingerprint density at radius 2 is 1.95 bits per heavy atom. The Hall–Kier alpha value is -2.31. The lowest BCUT2D eigenvalue weighted by Gasteiger charge is -2.06. The van der Waals surface area contributed by atoms with E-state index in [0.29, 0.717) is 5.78 Å². The summed E-state index contributed by atoms with van der Waals surface area (Å²) < 4.78 is 2.45. The Morgan fingerprint density at radius 3 is 2.71 bits per heavy atom. The summed E-state index contributed by atoms with van der Waals surface area (Å²) in [6, 6.07) is 9.67. The first-order valence-electron chi connectivity index (χ1n) is 6.18. The van der Waals surface area contributed by atoms with Gasteiger partial charge in [0.25, 0.3) is 5.78 Å². The van der Waals surface area contributed by atoms with Gasteiger partial charge in [0.2, 0.25) is 0 Å². The van der Waals surface area contributed by atoms with Crippen LogP contribution in [0, 0.1) is 0 Å². The van der Waals surface area contributed by atoms with Gasteiger partial charge in [-0.2, -0.15) is 14.6 Å². The fourth-order valence-electron chi connectivity index (χ4n) is 2.12. The van der Waals surface area contributed by atoms with Gasteiger partial charge in [0.15, 0.2) is 0 Å². The van der Waals surface area contributed by atoms with E-state index in [4.69, 9.17) is 11.6 Å². The lowest BCUT2D eigenvalue weighted by Crippen LogP contribution is -1.98. The van der Waals surface area contributed by atoms with Gasteiger partial charge in [-0.05, 0) is 30.3 Å². The third-order valence-electron chi connectivity index (χ3n) is 3.05. The molecule has 0 aromatic carbocycles. The van der Waals surface area contributed by atoms with E-state index in [0.717, 1.165) is 26.2 Å². The first-order chi connectivity index (χ1) is 10.3. The summed E-state index contributed by atoms with van der Waals surface area (Å²) in [5.74, 6) is 0.559. The smallest absolute Gasteiger partial charge is 0.253 e. The van der Waals surface area contributed by atoms with Crippen molar-refractivity contribution in [3.05, 3.63) is 53.4 Å². The Morgan fingerprint density at radius 1 is 1.10 bits per heavy atom. The van der Waals surface area contributed by atoms with Crippen LogP contribution in [-0.2, 0) is 0 Å². The van der Waals surface area contributed by atoms with Crippen LogP contribution in [0.15, 0.2) is 49.1 Å². The van der Waals surface area contributed by atoms with Gasteiger partial charge in [-0.25, -0.2) is 4.98 Å². The Bertz CT molecular complexity index is 915. The number of hydrogen-bond donors (Lipinski definition) is 0. The average Bonchev–Trinajstić information content (AvgIpc) is 3.15. The zero-order valence-electron chi connectivity index (χ0n) is 10.6. The minimum atomic E-state index is 0.559. The Balaban J connectivity index is 1.99. The van der Waals surface area contributed by atoms with E-state index in [-0.39, 0.29) is 0 Å². The molecule has 0 aliphatic rings. The van der Waals surface area contributed by atoms with E-state index in [1.807, 2.05) is 30.3 Å². The maximum atomic E-state index is 6.01. The van der Waals surface area contributed by atoms with E-state index < -0.39 is 0 Å². The topological polar surface area (TPSA) is 56.0 Å². The zero-order valence-corrected chi connectivity index (χ0v) is 12.2. The second kappa shape index (κ2) is 4.91. The maximum Gasteiger partial charge on any atom is 0.253 e. The van der Waals surface area contributed by atoms with Gasteiger partial charge in [0.05, 0.1) is 20.6 Å². The molecule has 21 heavy (non-hydrogen) atoms. The highest BCUT2D eigenvalue weighted by Crippen LogP contribution is 2.32. The minimum Gasteiger partial charge on any atom is -0.265 e. The molecule has 0 aliphatic heterocycles. The zero-order chi connectivity index (χ0) is 14.2. The largest absolute Gasteiger partial charge is 0.265 e. The van der Waals surface area contributed by atoms with Crippen molar-refractivity contribution >= 4 is 28.7 Å². The van der Waals surface area contributed by atoms with Crippen LogP contribution < -0.4 is 0 Å². The Labute approximate surface area is 128 Å². The van der Waals surface area contributed by atoms with Crippen molar-refractivity contribution in [3.8, 4) is 21.8 Å². The third kappa shape index (κ3) is 2.18. The van der Waals surface area contributed by atoms with Gasteiger partial charge in [-0.15, -0.1) is 11.3 Å². The molecule has 0 spiro atoms. The lowest BCUT2D eigenvalue weighted by atomic mass is 10.1. The molecule has 0 unspecified atom stereocenters. The molecule has 4 rings (SSSR count). The normalized spacial score (nSPS) is 11.1. The highest BCUT2D eigenvalue weighted by molar-refractivity contribution is 7.19. The molecule has 102 valence electrons. The summed E-state index contributed by atoms with van der Waals surface area (Å²) in [5.41, 5.74) is 2.76. The van der Waals surface area contributed by atoms with Crippen LogP contribution in [0.1, 0.15) is 0 Å². The van der Waals surface area contributed by atoms with E-state index in [1.165, 1.54) is 17.7 Å². The van der Waals surface area contributed by atoms with Gasteiger partial charge in [-0.3, -0.25) is 4.98 Å². The number of fused-ring (bicyclic) bond motifs is 1. The molecule has 4 aromatic heterocycles. The molecule has 4 aromatic rings. The maximum absolute atomic E-state index is 6.01. The first kappa shape index (κ1) is 12.4. The molecule has 0 radical (unpaired) electrons. The monoisotopic (exact) mass is 313 g/mol. The van der Waals surface area contributed by atoms with Gasteiger partial charge in [0, 0.05) is 18.0 Å². The van der Waals surface area contributed by atoms with Crippen molar-refractivity contribution in [2.24, 2.45) is 0 Å². The first-order valence-corrected chi connectivity index (χ1v) is 7.37. The minimum absolute atomic E-state index is 0.559. The number of halogens is 1. The third-order valence-corrected chi connectivity index (χ3v) is 4.31. The van der Waals surface area contributed by atoms with E-state index in [2.05, 4.69) is 20.1 Å². The van der Waals surface area contributed by atoms with E-state index >= 15 is 0 Å². The predicted octanol–water partition coefficient (Wildman–Crippen LogP) is 3.57. The number of thiophene rings is 1. The van der Waals surface area contributed by atoms with E-state index in [9.17, 15) is 0 Å². The molecule has 0 N–H and O–H groups in total. The predicted molar refractivity (Wildman–Crippen MR) is 82.3 cm³/mol. The molecule has 0 atom stereocenters. The summed E-state index contributed by atoms with van der Waals surface area (Å²) >= 11 is 7.50. The number of pyridine rings is 1. The number of hydrogen-bond acceptors (Lipinski definition) is 5. The fourth-order valence-corrected chi connectivity index (χ4v) is 3.12. The number of nitrogens with zero attached hydrogens (tertiary/aromatic N) is 5. The second-order valence-corrected chi connectivity index (χ2v) is 6.05. The molecular formula is C14H8ClN5S. The molecule has 0 fully saturated rings. The molecular weight excluding hydrogens is 306 g/mol. The van der Waals surface area contributed by atoms with Crippen molar-refractivity contribution < 1.29 is 0 Å². The SMILES string of the molecule is Clc1ccc(-c2cc(-c3ccncc3)n3ncnc3n2)s1. The molecule has 0 saturated heterocycles. The van der Waals surface area contributed by atoms with Crippen molar-refractivity contribution in [1.82, 2.24) is 24.6 Å². The van der Waals surface area contributed by atoms with Gasteiger partial charge in [-0.1, -0.05) is 11.6 Å². The highest BCUT2D eigenvalue weighted by atomic mass is 35.5. The average molecular weight is 314 g/mol. The lowest BCUT2D eigenvalue weighted by molar-refractivity contribution is 0.949. The summed E-state index contributed by atoms with van der Waals surface area (Å²) in [4.78, 5) is 13.8. The summed E-state index contributed by atoms with van der Waals surface area (Å²) in [7, 11) is 0. The number of rotatable bonds is 2. The van der Waals surface area contributed by atoms with Crippen LogP contribution in [0.25, 0.3) is 27.6 Å². The van der Waals surface area contributed by atoms with Crippen LogP contribution in [-0.4, -0.2) is 24.6 Å². The van der Waals surface area contributed by atoms with Crippen LogP contribution in [0.4, 0.5) is 0 Å². The van der Waals surface area contributed by atoms with E-state index in [1.54, 1.807) is 16.9 Å². The molecule has 4 heterocycles. The standard InChI is InChI=1S/C14H8ClN5S/c15-13-2-1-12(21-13)10-7-11(9-3-5-16-6-4-9)20-14(19-10)17-8-18-20/h1-8H. The molecule has 0 saturated carbocycles. The van der Waals surface area contributed by atoms with Crippen LogP contribution in [0.5, 0.6) is 0 Å². The van der Waals surface area contributed by atoms with Crippen molar-refractivity contribution in [1.29, 1.82) is 0 Å². The molecule has 5 nitrogen and oxygen atoms in total.